The number of nitrogens with two attached hydrogens (primary N) is 2. The van der Waals surface area contributed by atoms with Crippen LogP contribution in [0.2, 0.25) is 0 Å². The maximum absolute atomic E-state index is 13.1. The summed E-state index contributed by atoms with van der Waals surface area (Å²) in [5.41, 5.74) is 13.3. The number of hydrazine groups is 1. The average Bonchev–Trinajstić information content (AvgIpc) is 3.78. The number of carbonyl (C=O) groups excluding carboxylic acids is 1. The van der Waals surface area contributed by atoms with Crippen LogP contribution >= 0.6 is 0 Å². The molecule has 1 fully saturated rings. The van der Waals surface area contributed by atoms with Gasteiger partial charge in [-0.25, -0.2) is 16.4 Å². The molecule has 1 spiro atoms. The van der Waals surface area contributed by atoms with Crippen LogP contribution < -0.4 is 32.5 Å². The topological polar surface area (TPSA) is 176 Å². The summed E-state index contributed by atoms with van der Waals surface area (Å²) in [7, 11) is 0. The van der Waals surface area contributed by atoms with E-state index in [1.54, 1.807) is 18.3 Å². The van der Waals surface area contributed by atoms with Crippen LogP contribution in [0.3, 0.4) is 0 Å². The van der Waals surface area contributed by atoms with E-state index in [9.17, 15) is 9.90 Å². The molecule has 0 saturated heterocycles. The third-order valence-corrected chi connectivity index (χ3v) is 9.85. The van der Waals surface area contributed by atoms with Crippen molar-refractivity contribution in [3.63, 3.8) is 0 Å². The lowest BCUT2D eigenvalue weighted by Crippen LogP contribution is -2.45. The van der Waals surface area contributed by atoms with E-state index in [0.717, 1.165) is 60.7 Å². The molecule has 0 radical (unpaired) electrons. The molecular formula is C36H46N8O3. The molecule has 11 heteroatoms. The Morgan fingerprint density at radius 3 is 2.68 bits per heavy atom. The van der Waals surface area contributed by atoms with Crippen molar-refractivity contribution in [2.75, 3.05) is 11.9 Å². The van der Waals surface area contributed by atoms with Crippen LogP contribution in [0, 0.1) is 0 Å². The number of nitrogens with one attached hydrogen (secondary N) is 4. The van der Waals surface area contributed by atoms with E-state index in [1.165, 1.54) is 11.1 Å². The summed E-state index contributed by atoms with van der Waals surface area (Å²) in [5, 5.41) is 22.9. The summed E-state index contributed by atoms with van der Waals surface area (Å²) in [6.45, 7) is 6.95. The number of pyridine rings is 1. The molecule has 2 aliphatic rings. The zero-order valence-corrected chi connectivity index (χ0v) is 27.4. The number of rotatable bonds is 13. The van der Waals surface area contributed by atoms with Crippen molar-refractivity contribution in [2.45, 2.75) is 88.7 Å². The number of H-pyrrole nitrogens is 1. The number of ether oxygens (including phenoxy) is 1. The molecule has 248 valence electrons. The van der Waals surface area contributed by atoms with Gasteiger partial charge in [0.1, 0.15) is 0 Å². The Morgan fingerprint density at radius 1 is 1.17 bits per heavy atom. The second-order valence-electron chi connectivity index (χ2n) is 13.6. The van der Waals surface area contributed by atoms with Gasteiger partial charge in [-0.3, -0.25) is 4.79 Å². The molecule has 1 saturated carbocycles. The maximum atomic E-state index is 13.1. The number of aromatic nitrogens is 2. The first kappa shape index (κ1) is 32.5. The number of aliphatic hydroxyl groups excluding tert-OH is 1. The zero-order chi connectivity index (χ0) is 33.2. The van der Waals surface area contributed by atoms with Gasteiger partial charge in [-0.15, -0.1) is 5.10 Å². The van der Waals surface area contributed by atoms with Crippen molar-refractivity contribution in [1.29, 1.82) is 0 Å². The number of anilines is 1. The van der Waals surface area contributed by atoms with Crippen LogP contribution in [0.15, 0.2) is 66.0 Å². The number of hydrazone groups is 1. The van der Waals surface area contributed by atoms with Crippen LogP contribution in [-0.2, 0) is 16.6 Å². The highest BCUT2D eigenvalue weighted by Gasteiger charge is 2.50. The first-order valence-electron chi connectivity index (χ1n) is 16.5. The number of amidine groups is 1. The minimum absolute atomic E-state index is 0.149. The van der Waals surface area contributed by atoms with Gasteiger partial charge in [-0.05, 0) is 86.8 Å². The Hall–Kier alpha value is -4.45. The molecule has 2 aromatic carbocycles. The van der Waals surface area contributed by atoms with Gasteiger partial charge < -0.3 is 31.2 Å². The molecule has 11 nitrogen and oxygen atoms in total. The molecule has 1 aliphatic carbocycles. The first-order chi connectivity index (χ1) is 22.6. The monoisotopic (exact) mass is 638 g/mol. The Bertz CT molecular complexity index is 1760. The molecule has 1 amide bonds. The van der Waals surface area contributed by atoms with Crippen LogP contribution in [0.4, 0.5) is 5.69 Å². The van der Waals surface area contributed by atoms with Gasteiger partial charge >= 0.3 is 0 Å². The number of para-hydroxylation sites is 1. The molecule has 9 N–H and O–H groups in total. The van der Waals surface area contributed by atoms with E-state index < -0.39 is 11.5 Å². The summed E-state index contributed by atoms with van der Waals surface area (Å²) in [6, 6.07) is 15.7. The van der Waals surface area contributed by atoms with Gasteiger partial charge in [0.25, 0.3) is 0 Å². The lowest BCUT2D eigenvalue weighted by Gasteiger charge is -2.30. The molecule has 47 heavy (non-hydrogen) atoms. The molecule has 0 bridgehead atoms. The third kappa shape index (κ3) is 6.56. The fourth-order valence-electron chi connectivity index (χ4n) is 7.47. The molecular weight excluding hydrogens is 592 g/mol. The minimum Gasteiger partial charge on any atom is -0.437 e. The second kappa shape index (κ2) is 13.3. The zero-order valence-electron chi connectivity index (χ0n) is 27.4. The first-order valence-corrected chi connectivity index (χ1v) is 16.5. The predicted octanol–water partition coefficient (Wildman–Crippen LogP) is 5.06. The predicted molar refractivity (Wildman–Crippen MR) is 185 cm³/mol. The second-order valence-corrected chi connectivity index (χ2v) is 13.6. The molecule has 2 aromatic heterocycles. The van der Waals surface area contributed by atoms with Crippen molar-refractivity contribution < 1.29 is 14.6 Å². The lowest BCUT2D eigenvalue weighted by molar-refractivity contribution is -0.120. The van der Waals surface area contributed by atoms with Crippen LogP contribution in [-0.4, -0.2) is 45.0 Å². The van der Waals surface area contributed by atoms with Crippen molar-refractivity contribution in [3.05, 3.63) is 83.2 Å². The van der Waals surface area contributed by atoms with E-state index in [2.05, 4.69) is 64.1 Å². The van der Waals surface area contributed by atoms with Gasteiger partial charge in [0, 0.05) is 47.2 Å². The number of aliphatic hydroxyl groups is 1. The number of hydrogen-bond donors (Lipinski definition) is 7. The number of hydrogen-bond acceptors (Lipinski definition) is 8. The smallest absolute Gasteiger partial charge is 0.235 e. The molecule has 4 aromatic rings. The number of amides is 1. The average molecular weight is 639 g/mol. The van der Waals surface area contributed by atoms with Gasteiger partial charge in [-0.2, -0.15) is 0 Å². The lowest BCUT2D eigenvalue weighted by atomic mass is 9.74. The van der Waals surface area contributed by atoms with E-state index in [4.69, 9.17) is 16.3 Å². The number of nitrogens with zero attached hydrogens (tertiary/aromatic N) is 2. The molecule has 2 atom stereocenters. The number of benzene rings is 2. The van der Waals surface area contributed by atoms with Gasteiger partial charge in [0.15, 0.2) is 11.6 Å². The summed E-state index contributed by atoms with van der Waals surface area (Å²) in [5.74, 6) is 6.84. The van der Waals surface area contributed by atoms with Gasteiger partial charge in [0.2, 0.25) is 11.8 Å². The molecule has 6 rings (SSSR count). The summed E-state index contributed by atoms with van der Waals surface area (Å²) >= 11 is 0. The standard InChI is InChI=1S/C36H46N8O3/c1-4-22(26-9-7-11-28-31(26)36(34(46)42-28)15-5-6-16-36)17-25(45)21-41-35(2,3)18-24-20-40-32-27(24)10-8-12-29(32)47-30-14-13-23(19-39-30)33(37)43-44-38/h7-14,19-20,22,25,40-41,44-45H,4-6,15-18,21,38H2,1-3H3,(H2,37,43)(H,42,46). The summed E-state index contributed by atoms with van der Waals surface area (Å²) in [6.07, 6.45) is 9.30. The molecule has 2 unspecified atom stereocenters. The van der Waals surface area contributed by atoms with E-state index in [1.807, 2.05) is 30.5 Å². The SMILES string of the molecule is CCC(CC(O)CNC(C)(C)Cc1c[nH]c2c(Oc3ccc(/C(N)=N/NN)cn3)cccc12)c1cccc2c1C1(CCCC1)C(=O)N2. The largest absolute Gasteiger partial charge is 0.437 e. The maximum Gasteiger partial charge on any atom is 0.235 e. The Balaban J connectivity index is 1.10. The molecule has 3 heterocycles. The van der Waals surface area contributed by atoms with Crippen molar-refractivity contribution >= 4 is 28.3 Å². The highest BCUT2D eigenvalue weighted by atomic mass is 16.5. The number of aromatic amines is 1. The summed E-state index contributed by atoms with van der Waals surface area (Å²) < 4.78 is 6.12. The number of carbonyl (C=O) groups is 1. The van der Waals surface area contributed by atoms with E-state index in [-0.39, 0.29) is 23.2 Å². The third-order valence-electron chi connectivity index (χ3n) is 9.85. The van der Waals surface area contributed by atoms with Crippen molar-refractivity contribution in [2.24, 2.45) is 16.7 Å². The Labute approximate surface area is 275 Å². The van der Waals surface area contributed by atoms with E-state index >= 15 is 0 Å². The van der Waals surface area contributed by atoms with Crippen LogP contribution in [0.5, 0.6) is 11.6 Å². The summed E-state index contributed by atoms with van der Waals surface area (Å²) in [4.78, 5) is 20.9. The quantitative estimate of drug-likeness (QED) is 0.0460. The van der Waals surface area contributed by atoms with Gasteiger partial charge in [0.05, 0.1) is 17.0 Å². The number of fused-ring (bicyclic) bond motifs is 3. The Kier molecular flexibility index (Phi) is 9.23. The van der Waals surface area contributed by atoms with Crippen molar-refractivity contribution in [1.82, 2.24) is 20.8 Å². The van der Waals surface area contributed by atoms with Crippen LogP contribution in [0.1, 0.15) is 87.5 Å². The Morgan fingerprint density at radius 2 is 1.96 bits per heavy atom. The highest BCUT2D eigenvalue weighted by Crippen LogP contribution is 2.52. The minimum atomic E-state index is -0.533. The highest BCUT2D eigenvalue weighted by molar-refractivity contribution is 6.07. The number of β-amino-alcohol motifs (C(OH)–C–C–N with tert-alkyl or cyclic N) is 1. The van der Waals surface area contributed by atoms with Crippen molar-refractivity contribution in [3.8, 4) is 11.6 Å². The van der Waals surface area contributed by atoms with Gasteiger partial charge in [-0.1, -0.05) is 44.0 Å². The fraction of sp³-hybridized carbons (Fsp3) is 0.417. The van der Waals surface area contributed by atoms with E-state index in [0.29, 0.717) is 30.2 Å². The molecule has 1 aliphatic heterocycles. The normalized spacial score (nSPS) is 17.1. The fourth-order valence-corrected chi connectivity index (χ4v) is 7.47. The van der Waals surface area contributed by atoms with Crippen LogP contribution in [0.25, 0.3) is 10.9 Å².